The van der Waals surface area contributed by atoms with Crippen molar-refractivity contribution >= 4 is 5.69 Å². The number of nitro benzene ring substituents is 1. The van der Waals surface area contributed by atoms with Gasteiger partial charge >= 0.3 is 0 Å². The average Bonchev–Trinajstić information content (AvgIpc) is 2.03. The van der Waals surface area contributed by atoms with E-state index in [1.165, 1.54) is 6.07 Å². The van der Waals surface area contributed by atoms with Gasteiger partial charge in [0.25, 0.3) is 5.69 Å². The van der Waals surface area contributed by atoms with Crippen LogP contribution in [-0.2, 0) is 5.41 Å². The third-order valence-electron chi connectivity index (χ3n) is 1.78. The van der Waals surface area contributed by atoms with Crippen LogP contribution in [0.5, 0.6) is 0 Å². The van der Waals surface area contributed by atoms with E-state index in [-0.39, 0.29) is 11.1 Å². The number of rotatable bonds is 1. The van der Waals surface area contributed by atoms with Crippen LogP contribution in [0.4, 0.5) is 5.69 Å². The lowest BCUT2D eigenvalue weighted by molar-refractivity contribution is -0.385. The minimum atomic E-state index is -0.421. The normalized spacial score (nSPS) is 11.3. The molecule has 0 bridgehead atoms. The van der Waals surface area contributed by atoms with Crippen molar-refractivity contribution in [2.75, 3.05) is 0 Å². The van der Waals surface area contributed by atoms with E-state index in [2.05, 4.69) is 6.07 Å². The van der Waals surface area contributed by atoms with Gasteiger partial charge in [-0.3, -0.25) is 10.1 Å². The number of hydrogen-bond donors (Lipinski definition) is 0. The van der Waals surface area contributed by atoms with Crippen molar-refractivity contribution in [1.82, 2.24) is 0 Å². The first-order valence-electron chi connectivity index (χ1n) is 4.08. The molecule has 1 aromatic carbocycles. The standard InChI is InChI=1S/C10H12NO2/c1-10(2,3)8-5-4-6-9(7-8)11(12)13/h4-6H,1-3H3. The highest BCUT2D eigenvalue weighted by Crippen LogP contribution is 2.24. The van der Waals surface area contributed by atoms with E-state index < -0.39 is 4.92 Å². The molecule has 3 nitrogen and oxygen atoms in total. The van der Waals surface area contributed by atoms with Crippen LogP contribution >= 0.6 is 0 Å². The first-order valence-corrected chi connectivity index (χ1v) is 4.08. The molecule has 69 valence electrons. The Balaban J connectivity index is 3.13. The van der Waals surface area contributed by atoms with Gasteiger partial charge in [0.2, 0.25) is 0 Å². The van der Waals surface area contributed by atoms with Gasteiger partial charge < -0.3 is 0 Å². The molecule has 1 aromatic rings. The fourth-order valence-electron chi connectivity index (χ4n) is 1.00. The van der Waals surface area contributed by atoms with Gasteiger partial charge in [0.1, 0.15) is 0 Å². The van der Waals surface area contributed by atoms with Crippen molar-refractivity contribution < 1.29 is 4.92 Å². The van der Waals surface area contributed by atoms with E-state index in [0.29, 0.717) is 0 Å². The third-order valence-corrected chi connectivity index (χ3v) is 1.78. The molecular formula is C10H12NO2. The first kappa shape index (κ1) is 9.71. The summed E-state index contributed by atoms with van der Waals surface area (Å²) in [6.45, 7) is 6.01. The zero-order valence-electron chi connectivity index (χ0n) is 8.00. The Morgan fingerprint density at radius 2 is 2.00 bits per heavy atom. The molecule has 1 rings (SSSR count). The minimum absolute atomic E-state index is 0.0347. The van der Waals surface area contributed by atoms with Gasteiger partial charge in [0.15, 0.2) is 0 Å². The van der Waals surface area contributed by atoms with Crippen LogP contribution in [0.15, 0.2) is 18.2 Å². The summed E-state index contributed by atoms with van der Waals surface area (Å²) in [7, 11) is 0. The maximum absolute atomic E-state index is 10.5. The zero-order valence-corrected chi connectivity index (χ0v) is 8.00. The molecule has 0 aromatic heterocycles. The number of non-ortho nitro benzene ring substituents is 1. The first-order chi connectivity index (χ1) is 5.91. The highest BCUT2D eigenvalue weighted by molar-refractivity contribution is 5.35. The summed E-state index contributed by atoms with van der Waals surface area (Å²) in [5.74, 6) is 0. The molecule has 0 aliphatic carbocycles. The second-order valence-corrected chi connectivity index (χ2v) is 3.96. The van der Waals surface area contributed by atoms with Crippen molar-refractivity contribution in [2.45, 2.75) is 26.2 Å². The molecule has 0 unspecified atom stereocenters. The van der Waals surface area contributed by atoms with E-state index >= 15 is 0 Å². The second-order valence-electron chi connectivity index (χ2n) is 3.96. The molecule has 1 radical (unpaired) electrons. The molecule has 0 fully saturated rings. The van der Waals surface area contributed by atoms with Gasteiger partial charge in [-0.05, 0) is 11.0 Å². The van der Waals surface area contributed by atoms with Crippen LogP contribution in [0.1, 0.15) is 26.3 Å². The van der Waals surface area contributed by atoms with Gasteiger partial charge in [0, 0.05) is 6.07 Å². The molecule has 0 saturated heterocycles. The highest BCUT2D eigenvalue weighted by atomic mass is 16.6. The quantitative estimate of drug-likeness (QED) is 0.490. The van der Waals surface area contributed by atoms with Gasteiger partial charge in [-0.25, -0.2) is 0 Å². The Kier molecular flexibility index (Phi) is 2.36. The van der Waals surface area contributed by atoms with Gasteiger partial charge in [-0.2, -0.15) is 0 Å². The molecule has 0 aliphatic heterocycles. The van der Waals surface area contributed by atoms with Crippen molar-refractivity contribution in [2.24, 2.45) is 0 Å². The van der Waals surface area contributed by atoms with E-state index in [1.54, 1.807) is 6.07 Å². The van der Waals surface area contributed by atoms with Crippen molar-refractivity contribution in [3.8, 4) is 0 Å². The lowest BCUT2D eigenvalue weighted by atomic mass is 9.87. The predicted molar refractivity (Wildman–Crippen MR) is 50.6 cm³/mol. The largest absolute Gasteiger partial charge is 0.277 e. The Morgan fingerprint density at radius 1 is 1.38 bits per heavy atom. The van der Waals surface area contributed by atoms with Crippen molar-refractivity contribution in [1.29, 1.82) is 0 Å². The molecule has 0 atom stereocenters. The fourth-order valence-corrected chi connectivity index (χ4v) is 1.00. The molecule has 0 spiro atoms. The monoisotopic (exact) mass is 178 g/mol. The van der Waals surface area contributed by atoms with Gasteiger partial charge in [0.05, 0.1) is 11.0 Å². The Labute approximate surface area is 77.5 Å². The Bertz CT molecular complexity index is 326. The number of hydrogen-bond acceptors (Lipinski definition) is 2. The predicted octanol–water partition coefficient (Wildman–Crippen LogP) is 2.69. The van der Waals surface area contributed by atoms with Crippen LogP contribution in [-0.4, -0.2) is 4.92 Å². The lowest BCUT2D eigenvalue weighted by Gasteiger charge is -2.17. The molecule has 0 saturated carbocycles. The Hall–Kier alpha value is -1.38. The Morgan fingerprint density at radius 3 is 2.46 bits per heavy atom. The molecule has 13 heavy (non-hydrogen) atoms. The van der Waals surface area contributed by atoms with E-state index in [9.17, 15) is 10.1 Å². The maximum Gasteiger partial charge on any atom is 0.277 e. The molecule has 0 heterocycles. The summed E-state index contributed by atoms with van der Waals surface area (Å²) in [4.78, 5) is 10.0. The van der Waals surface area contributed by atoms with Crippen LogP contribution in [0, 0.1) is 16.2 Å². The number of nitrogens with zero attached hydrogens (tertiary/aromatic N) is 1. The average molecular weight is 178 g/mol. The third kappa shape index (κ3) is 2.28. The summed E-state index contributed by atoms with van der Waals surface area (Å²) < 4.78 is 0. The van der Waals surface area contributed by atoms with Crippen LogP contribution in [0.25, 0.3) is 0 Å². The van der Waals surface area contributed by atoms with Crippen molar-refractivity contribution in [3.63, 3.8) is 0 Å². The molecule has 3 heteroatoms. The highest BCUT2D eigenvalue weighted by Gasteiger charge is 2.16. The summed E-state index contributed by atoms with van der Waals surface area (Å²) in [5, 5.41) is 10.5. The van der Waals surface area contributed by atoms with Gasteiger partial charge in [-0.1, -0.05) is 32.9 Å². The summed E-state index contributed by atoms with van der Waals surface area (Å²) in [5.41, 5.74) is 0.806. The number of nitro groups is 1. The van der Waals surface area contributed by atoms with Crippen LogP contribution < -0.4 is 0 Å². The summed E-state index contributed by atoms with van der Waals surface area (Å²) in [6.07, 6.45) is 0. The second kappa shape index (κ2) is 3.17. The fraction of sp³-hybridized carbons (Fsp3) is 0.400. The zero-order chi connectivity index (χ0) is 10.1. The molecule has 0 aliphatic rings. The SMILES string of the molecule is CC(C)(C)c1[c]c([N+](=O)[O-])ccc1. The number of benzene rings is 1. The maximum atomic E-state index is 10.5. The minimum Gasteiger partial charge on any atom is -0.258 e. The van der Waals surface area contributed by atoms with Gasteiger partial charge in [-0.15, -0.1) is 0 Å². The summed E-state index contributed by atoms with van der Waals surface area (Å²) >= 11 is 0. The van der Waals surface area contributed by atoms with Crippen molar-refractivity contribution in [3.05, 3.63) is 39.9 Å². The van der Waals surface area contributed by atoms with Crippen LogP contribution in [0.3, 0.4) is 0 Å². The molecule has 0 N–H and O–H groups in total. The molecular weight excluding hydrogens is 166 g/mol. The van der Waals surface area contributed by atoms with E-state index in [1.807, 2.05) is 26.8 Å². The topological polar surface area (TPSA) is 43.1 Å². The molecule has 0 amide bonds. The van der Waals surface area contributed by atoms with E-state index in [0.717, 1.165) is 5.56 Å². The smallest absolute Gasteiger partial charge is 0.258 e. The lowest BCUT2D eigenvalue weighted by Crippen LogP contribution is -2.11. The summed E-state index contributed by atoms with van der Waals surface area (Å²) in [6, 6.07) is 7.78. The van der Waals surface area contributed by atoms with Crippen LogP contribution in [0.2, 0.25) is 0 Å². The van der Waals surface area contributed by atoms with E-state index in [4.69, 9.17) is 0 Å².